The van der Waals surface area contributed by atoms with Crippen molar-refractivity contribution in [1.82, 2.24) is 34.6 Å². The van der Waals surface area contributed by atoms with Crippen molar-refractivity contribution < 1.29 is 51.9 Å². The zero-order valence-corrected chi connectivity index (χ0v) is 34.3. The number of anilines is 1. The van der Waals surface area contributed by atoms with Crippen LogP contribution in [0.3, 0.4) is 0 Å². The topological polar surface area (TPSA) is 199 Å². The fraction of sp³-hybridized carbons (Fsp3) is 0.317. The first-order chi connectivity index (χ1) is 30.1. The second kappa shape index (κ2) is 18.9. The molecule has 4 atom stereocenters. The number of thiophene rings is 1. The molecule has 0 spiro atoms. The molecular formula is C41H44BF2N9O8S. The number of nitrogens with one attached hydrogen (secondary N) is 3. The molecule has 0 radical (unpaired) electrons. The zero-order valence-electron chi connectivity index (χ0n) is 33.5. The van der Waals surface area contributed by atoms with Crippen LogP contribution in [0.2, 0.25) is 0 Å². The number of hydrogen-bond acceptors (Lipinski definition) is 13. The molecule has 3 aliphatic heterocycles. The first-order valence-electron chi connectivity index (χ1n) is 20.0. The average Bonchev–Trinajstić information content (AvgIpc) is 4.12. The van der Waals surface area contributed by atoms with Crippen LogP contribution in [0, 0.1) is 0 Å². The number of rotatable bonds is 19. The number of benzene rings is 1. The highest BCUT2D eigenvalue weighted by Crippen LogP contribution is 2.35. The van der Waals surface area contributed by atoms with Gasteiger partial charge < -0.3 is 62.7 Å². The number of aromatic nitrogens is 5. The summed E-state index contributed by atoms with van der Waals surface area (Å²) in [5.41, 5.74) is 3.29. The van der Waals surface area contributed by atoms with E-state index in [1.165, 1.54) is 28.6 Å². The van der Waals surface area contributed by atoms with E-state index < -0.39 is 37.4 Å². The lowest BCUT2D eigenvalue weighted by Crippen LogP contribution is -2.50. The van der Waals surface area contributed by atoms with E-state index in [0.29, 0.717) is 78.4 Å². The highest BCUT2D eigenvalue weighted by atomic mass is 32.1. The number of nitrogens with zero attached hydrogens (tertiary/aromatic N) is 6. The summed E-state index contributed by atoms with van der Waals surface area (Å²) in [4.78, 5) is 38.2. The van der Waals surface area contributed by atoms with Crippen molar-refractivity contribution in [1.29, 1.82) is 0 Å². The van der Waals surface area contributed by atoms with Gasteiger partial charge >= 0.3 is 6.97 Å². The molecule has 7 heterocycles. The van der Waals surface area contributed by atoms with Crippen molar-refractivity contribution in [2.75, 3.05) is 58.0 Å². The summed E-state index contributed by atoms with van der Waals surface area (Å²) in [5.74, 6) is 0.0654. The Labute approximate surface area is 358 Å². The van der Waals surface area contributed by atoms with Crippen LogP contribution in [0.5, 0.6) is 5.75 Å². The average molecular weight is 872 g/mol. The van der Waals surface area contributed by atoms with E-state index in [2.05, 4.69) is 30.9 Å². The largest absolute Gasteiger partial charge is 0.737 e. The highest BCUT2D eigenvalue weighted by molar-refractivity contribution is 7.12. The van der Waals surface area contributed by atoms with Crippen molar-refractivity contribution >= 4 is 71.0 Å². The SMILES string of the molecule is CCNC(=O)[C@H]1O[C@@H](n2cnc3c(NCCOCCOCCNC(=O)COc4ccc(/C=C/c5ccc6n5[B-](F)(F)[N+]5=C(c7cccs7)C=CC5=C6)cc4)ncnc32)[C@H](O)[C@@H]1O. The van der Waals surface area contributed by atoms with Crippen molar-refractivity contribution in [3.63, 3.8) is 0 Å². The Bertz CT molecular complexity index is 2530. The quantitative estimate of drug-likeness (QED) is 0.0602. The Morgan fingerprint density at radius 3 is 2.55 bits per heavy atom. The Hall–Kier alpha value is -6.10. The van der Waals surface area contributed by atoms with E-state index in [0.717, 1.165) is 19.4 Å². The van der Waals surface area contributed by atoms with Crippen molar-refractivity contribution in [3.8, 4) is 5.75 Å². The molecule has 324 valence electrons. The minimum Gasteiger partial charge on any atom is -0.484 e. The molecule has 17 nitrogen and oxygen atoms in total. The smallest absolute Gasteiger partial charge is 0.484 e. The van der Waals surface area contributed by atoms with Crippen molar-refractivity contribution in [2.45, 2.75) is 31.5 Å². The number of halogens is 2. The molecule has 0 bridgehead atoms. The van der Waals surface area contributed by atoms with Crippen LogP contribution in [-0.2, 0) is 23.8 Å². The molecule has 4 aromatic heterocycles. The fourth-order valence-corrected chi connectivity index (χ4v) is 8.09. The summed E-state index contributed by atoms with van der Waals surface area (Å²) in [6.07, 6.45) is 6.26. The van der Waals surface area contributed by atoms with Crippen LogP contribution in [0.25, 0.3) is 29.4 Å². The maximum Gasteiger partial charge on any atom is 0.737 e. The minimum absolute atomic E-state index is 0.194. The fourth-order valence-electron chi connectivity index (χ4n) is 7.34. The molecule has 0 saturated carbocycles. The van der Waals surface area contributed by atoms with Crippen LogP contribution in [-0.4, -0.2) is 134 Å². The van der Waals surface area contributed by atoms with E-state index in [9.17, 15) is 19.8 Å². The summed E-state index contributed by atoms with van der Waals surface area (Å²) in [6.45, 7) is -0.354. The summed E-state index contributed by atoms with van der Waals surface area (Å²) in [7, 11) is 0. The maximum absolute atomic E-state index is 16.1. The van der Waals surface area contributed by atoms with Crippen molar-refractivity contribution in [3.05, 3.63) is 106 Å². The van der Waals surface area contributed by atoms with Crippen LogP contribution in [0.15, 0.2) is 84.4 Å². The number of allylic oxidation sites excluding steroid dienone is 2. The van der Waals surface area contributed by atoms with E-state index in [1.54, 1.807) is 73.7 Å². The first-order valence-corrected chi connectivity index (χ1v) is 20.9. The van der Waals surface area contributed by atoms with E-state index in [1.807, 2.05) is 17.5 Å². The van der Waals surface area contributed by atoms with Crippen LogP contribution >= 0.6 is 11.3 Å². The first kappa shape index (κ1) is 42.6. The Morgan fingerprint density at radius 2 is 1.77 bits per heavy atom. The van der Waals surface area contributed by atoms with Gasteiger partial charge in [0.25, 0.3) is 11.8 Å². The van der Waals surface area contributed by atoms with Gasteiger partial charge in [0.05, 0.1) is 37.6 Å². The number of amides is 2. The van der Waals surface area contributed by atoms with Gasteiger partial charge in [-0.25, -0.2) is 15.0 Å². The van der Waals surface area contributed by atoms with Gasteiger partial charge in [-0.3, -0.25) is 14.2 Å². The number of ether oxygens (including phenoxy) is 4. The van der Waals surface area contributed by atoms with Gasteiger partial charge in [-0.2, -0.15) is 0 Å². The van der Waals surface area contributed by atoms with E-state index >= 15 is 8.63 Å². The molecule has 5 N–H and O–H groups in total. The molecular weight excluding hydrogens is 827 g/mol. The molecule has 0 unspecified atom stereocenters. The molecule has 1 saturated heterocycles. The number of hydrogen-bond donors (Lipinski definition) is 5. The standard InChI is InChI=1S/C41H44BF2N9O8S/c1-2-45-40(57)37-35(55)36(56)41(61-37)51-25-50-34-38(48-24-49-39(34)51)47-16-18-59-20-19-58-17-15-46-33(54)23-60-30-12-6-26(7-13-30)5-8-27-9-10-28-22-29-11-14-31(32-4-3-21-62-32)53(29)42(43,44)52(27)28/h3-14,21-22,24-25,35-37,41,55-56H,2,15-20,23H2,1H3,(H,45,57)(H,46,54)(H,47,48,49)/b8-5+/t35-,36+,37-,41+/m0/s1. The molecule has 21 heteroatoms. The van der Waals surface area contributed by atoms with Crippen molar-refractivity contribution in [2.24, 2.45) is 0 Å². The zero-order chi connectivity index (χ0) is 43.2. The normalized spacial score (nSPS) is 20.1. The Balaban J connectivity index is 0.708. The molecule has 62 heavy (non-hydrogen) atoms. The van der Waals surface area contributed by atoms with Crippen LogP contribution in [0.4, 0.5) is 14.4 Å². The number of carbonyl (C=O) groups excluding carboxylic acids is 2. The number of likely N-dealkylation sites (N-methyl/N-ethyl adjacent to an activating group) is 1. The van der Waals surface area contributed by atoms with Crippen LogP contribution in [0.1, 0.15) is 35.0 Å². The van der Waals surface area contributed by atoms with Gasteiger partial charge in [-0.1, -0.05) is 24.3 Å². The Morgan fingerprint density at radius 1 is 0.968 bits per heavy atom. The molecule has 5 aromatic rings. The van der Waals surface area contributed by atoms with Gasteiger partial charge in [0, 0.05) is 49.3 Å². The Kier molecular flexibility index (Phi) is 13.0. The van der Waals surface area contributed by atoms with E-state index in [4.69, 9.17) is 18.9 Å². The van der Waals surface area contributed by atoms with Gasteiger partial charge in [0.2, 0.25) is 0 Å². The second-order valence-electron chi connectivity index (χ2n) is 14.3. The summed E-state index contributed by atoms with van der Waals surface area (Å²) < 4.78 is 58.3. The van der Waals surface area contributed by atoms with Gasteiger partial charge in [-0.05, 0) is 54.3 Å². The summed E-state index contributed by atoms with van der Waals surface area (Å²) >= 11 is 1.42. The maximum atomic E-state index is 16.1. The summed E-state index contributed by atoms with van der Waals surface area (Å²) in [5, 5.41) is 31.3. The lowest BCUT2D eigenvalue weighted by atomic mass is 9.90. The van der Waals surface area contributed by atoms with Gasteiger partial charge in [-0.15, -0.1) is 11.3 Å². The number of aliphatic hydroxyl groups is 2. The predicted molar refractivity (Wildman–Crippen MR) is 228 cm³/mol. The molecule has 1 aromatic carbocycles. The molecule has 0 aliphatic carbocycles. The van der Waals surface area contributed by atoms with Crippen LogP contribution < -0.4 is 20.7 Å². The van der Waals surface area contributed by atoms with E-state index in [-0.39, 0.29) is 25.7 Å². The molecule has 3 aliphatic rings. The molecule has 1 fully saturated rings. The lowest BCUT2D eigenvalue weighted by molar-refractivity contribution is -0.360. The third-order valence-corrected chi connectivity index (χ3v) is 11.2. The summed E-state index contributed by atoms with van der Waals surface area (Å²) in [6, 6.07) is 14.1. The van der Waals surface area contributed by atoms with Gasteiger partial charge in [0.15, 0.2) is 47.3 Å². The number of fused-ring (bicyclic) bond motifs is 3. The number of imidazole rings is 1. The molecule has 2 amide bonds. The third kappa shape index (κ3) is 8.94. The minimum atomic E-state index is -4.13. The number of carbonyl (C=O) groups is 2. The second-order valence-corrected chi connectivity index (χ2v) is 15.3. The lowest BCUT2D eigenvalue weighted by Gasteiger charge is -2.30. The highest BCUT2D eigenvalue weighted by Gasteiger charge is 2.52. The number of aliphatic hydroxyl groups excluding tert-OH is 2. The van der Waals surface area contributed by atoms with Gasteiger partial charge in [0.1, 0.15) is 24.3 Å². The predicted octanol–water partition coefficient (Wildman–Crippen LogP) is 2.90. The molecule has 8 rings (SSSR count). The third-order valence-electron chi connectivity index (χ3n) is 10.3. The monoisotopic (exact) mass is 871 g/mol.